The molecule has 0 saturated carbocycles. The lowest BCUT2D eigenvalue weighted by Crippen LogP contribution is -2.11. The minimum atomic E-state index is -5.00. The van der Waals surface area contributed by atoms with Crippen LogP contribution in [0, 0.1) is 6.92 Å². The summed E-state index contributed by atoms with van der Waals surface area (Å²) in [5.41, 5.74) is -2.24. The second kappa shape index (κ2) is 7.65. The van der Waals surface area contributed by atoms with Gasteiger partial charge >= 0.3 is 18.3 Å². The quantitative estimate of drug-likeness (QED) is 0.325. The van der Waals surface area contributed by atoms with Crippen molar-refractivity contribution in [2.45, 2.75) is 19.3 Å². The van der Waals surface area contributed by atoms with E-state index in [9.17, 15) is 36.2 Å². The topological polar surface area (TPSA) is 63.3 Å². The molecule has 0 fully saturated rings. The number of fused-ring (bicyclic) bond motifs is 1. The average Bonchev–Trinajstić information content (AvgIpc) is 3.21. The fourth-order valence-electron chi connectivity index (χ4n) is 3.37. The minimum absolute atomic E-state index is 0.0130. The molecule has 0 aliphatic carbocycles. The normalized spacial score (nSPS) is 12.3. The Morgan fingerprint density at radius 3 is 2.03 bits per heavy atom. The number of benzene rings is 2. The zero-order valence-electron chi connectivity index (χ0n) is 16.7. The monoisotopic (exact) mass is 465 g/mol. The molecule has 0 aliphatic rings. The van der Waals surface area contributed by atoms with E-state index in [0.717, 1.165) is 5.56 Å². The Morgan fingerprint density at radius 1 is 0.848 bits per heavy atom. The molecule has 4 nitrogen and oxygen atoms in total. The Morgan fingerprint density at radius 2 is 1.45 bits per heavy atom. The van der Waals surface area contributed by atoms with Gasteiger partial charge in [0.05, 0.1) is 22.2 Å². The molecule has 10 heteroatoms. The fraction of sp³-hybridized carbons (Fsp3) is 0.130. The van der Waals surface area contributed by atoms with Gasteiger partial charge in [0.15, 0.2) is 5.76 Å². The van der Waals surface area contributed by atoms with Gasteiger partial charge in [-0.3, -0.25) is 0 Å². The molecule has 4 aromatic rings. The Balaban J connectivity index is 1.84. The summed E-state index contributed by atoms with van der Waals surface area (Å²) in [4.78, 5) is 16.1. The maximum atomic E-state index is 13.2. The molecule has 170 valence electrons. The molecular formula is C23H13F6NO3. The fourth-order valence-corrected chi connectivity index (χ4v) is 3.37. The van der Waals surface area contributed by atoms with E-state index in [-0.39, 0.29) is 28.8 Å². The number of aromatic nitrogens is 1. The number of nitrogens with zero attached hydrogens (tertiary/aromatic N) is 1. The lowest BCUT2D eigenvalue weighted by Gasteiger charge is -2.13. The highest BCUT2D eigenvalue weighted by molar-refractivity contribution is 6.03. The van der Waals surface area contributed by atoms with E-state index in [4.69, 9.17) is 4.42 Å². The summed E-state index contributed by atoms with van der Waals surface area (Å²) in [6.07, 6.45) is -10.0. The Labute approximate surface area is 182 Å². The Hall–Kier alpha value is -3.82. The van der Waals surface area contributed by atoms with Gasteiger partial charge < -0.3 is 9.52 Å². The molecule has 0 spiro atoms. The average molecular weight is 465 g/mol. The number of rotatable bonds is 3. The zero-order valence-corrected chi connectivity index (χ0v) is 16.7. The van der Waals surface area contributed by atoms with E-state index >= 15 is 0 Å². The van der Waals surface area contributed by atoms with Crippen LogP contribution in [0.5, 0.6) is 0 Å². The van der Waals surface area contributed by atoms with Crippen LogP contribution < -0.4 is 0 Å². The molecule has 2 aromatic carbocycles. The molecule has 2 aromatic heterocycles. The van der Waals surface area contributed by atoms with Gasteiger partial charge in [-0.05, 0) is 55.5 Å². The molecule has 1 N–H and O–H groups in total. The number of carboxylic acid groups (broad SMARTS) is 1. The third-order valence-electron chi connectivity index (χ3n) is 4.93. The van der Waals surface area contributed by atoms with Gasteiger partial charge in [0.25, 0.3) is 0 Å². The molecule has 2 heterocycles. The smallest absolute Gasteiger partial charge is 0.416 e. The van der Waals surface area contributed by atoms with Crippen LogP contribution in [-0.4, -0.2) is 16.1 Å². The molecule has 0 unspecified atom stereocenters. The maximum Gasteiger partial charge on any atom is 0.416 e. The van der Waals surface area contributed by atoms with Crippen LogP contribution in [0.25, 0.3) is 33.7 Å². The van der Waals surface area contributed by atoms with E-state index in [1.807, 2.05) is 0 Å². The number of carboxylic acids is 1. The lowest BCUT2D eigenvalue weighted by molar-refractivity contribution is -0.143. The highest BCUT2D eigenvalue weighted by Crippen LogP contribution is 2.39. The van der Waals surface area contributed by atoms with Crippen molar-refractivity contribution in [2.24, 2.45) is 0 Å². The van der Waals surface area contributed by atoms with Crippen LogP contribution in [0.4, 0.5) is 26.3 Å². The first kappa shape index (κ1) is 22.4. The first-order valence-corrected chi connectivity index (χ1v) is 9.38. The zero-order chi connectivity index (χ0) is 24.1. The minimum Gasteiger partial charge on any atom is -0.478 e. The van der Waals surface area contributed by atoms with Crippen molar-refractivity contribution in [2.75, 3.05) is 0 Å². The van der Waals surface area contributed by atoms with Crippen molar-refractivity contribution >= 4 is 16.9 Å². The molecule has 0 aliphatic heterocycles. The van der Waals surface area contributed by atoms with Crippen LogP contribution in [0.1, 0.15) is 27.0 Å². The van der Waals surface area contributed by atoms with Crippen molar-refractivity contribution < 1.29 is 40.7 Å². The van der Waals surface area contributed by atoms with Gasteiger partial charge in [0.2, 0.25) is 0 Å². The molecule has 0 saturated heterocycles. The third-order valence-corrected chi connectivity index (χ3v) is 4.93. The third kappa shape index (κ3) is 4.41. The van der Waals surface area contributed by atoms with E-state index in [2.05, 4.69) is 4.98 Å². The second-order valence-corrected chi connectivity index (χ2v) is 7.34. The summed E-state index contributed by atoms with van der Waals surface area (Å²) in [6, 6.07) is 9.84. The summed E-state index contributed by atoms with van der Waals surface area (Å²) in [6.45, 7) is 1.78. The first-order chi connectivity index (χ1) is 15.3. The van der Waals surface area contributed by atoms with Gasteiger partial charge in [-0.2, -0.15) is 26.3 Å². The molecule has 33 heavy (non-hydrogen) atoms. The SMILES string of the molecule is Cc1ccc2nc(-c3ccc(-c4cc(C(F)(F)F)cc(C(F)(F)F)c4)o3)cc(C(=O)O)c2c1. The van der Waals surface area contributed by atoms with E-state index < -0.39 is 35.0 Å². The number of furan rings is 1. The first-order valence-electron chi connectivity index (χ1n) is 9.38. The number of aromatic carboxylic acids is 1. The van der Waals surface area contributed by atoms with Crippen molar-refractivity contribution in [1.82, 2.24) is 4.98 Å². The molecule has 0 amide bonds. The molecule has 4 rings (SSSR count). The van der Waals surface area contributed by atoms with E-state index in [1.54, 1.807) is 25.1 Å². The Kier molecular flexibility index (Phi) is 5.18. The van der Waals surface area contributed by atoms with Crippen molar-refractivity contribution in [3.63, 3.8) is 0 Å². The summed E-state index contributed by atoms with van der Waals surface area (Å²) >= 11 is 0. The van der Waals surface area contributed by atoms with Crippen LogP contribution >= 0.6 is 0 Å². The van der Waals surface area contributed by atoms with Gasteiger partial charge in [0.1, 0.15) is 11.5 Å². The summed E-state index contributed by atoms with van der Waals surface area (Å²) < 4.78 is 84.4. The number of hydrogen-bond donors (Lipinski definition) is 1. The van der Waals surface area contributed by atoms with Gasteiger partial charge in [-0.15, -0.1) is 0 Å². The predicted octanol–water partition coefficient (Wildman–Crippen LogP) is 7.21. The van der Waals surface area contributed by atoms with E-state index in [0.29, 0.717) is 23.0 Å². The molecule has 0 atom stereocenters. The van der Waals surface area contributed by atoms with Crippen LogP contribution in [-0.2, 0) is 12.4 Å². The van der Waals surface area contributed by atoms with Crippen LogP contribution in [0.15, 0.2) is 59.0 Å². The predicted molar refractivity (Wildman–Crippen MR) is 107 cm³/mol. The number of alkyl halides is 6. The maximum absolute atomic E-state index is 13.2. The standard InChI is InChI=1S/C23H13F6NO3/c1-11-2-3-17-15(6-11)16(21(31)32)10-18(30-17)20-5-4-19(33-20)12-7-13(22(24,25)26)9-14(8-12)23(27,28)29/h2-10H,1H3,(H,31,32). The van der Waals surface area contributed by atoms with Crippen molar-refractivity contribution in [3.05, 3.63) is 76.9 Å². The van der Waals surface area contributed by atoms with Crippen molar-refractivity contribution in [3.8, 4) is 22.8 Å². The lowest BCUT2D eigenvalue weighted by atomic mass is 10.0. The summed E-state index contributed by atoms with van der Waals surface area (Å²) in [5.74, 6) is -1.50. The molecule has 0 bridgehead atoms. The second-order valence-electron chi connectivity index (χ2n) is 7.34. The largest absolute Gasteiger partial charge is 0.478 e. The Bertz CT molecular complexity index is 1350. The highest BCUT2D eigenvalue weighted by atomic mass is 19.4. The molecule has 0 radical (unpaired) electrons. The number of pyridine rings is 1. The summed E-state index contributed by atoms with van der Waals surface area (Å²) in [7, 11) is 0. The number of hydrogen-bond acceptors (Lipinski definition) is 3. The van der Waals surface area contributed by atoms with Gasteiger partial charge in [-0.25, -0.2) is 9.78 Å². The summed E-state index contributed by atoms with van der Waals surface area (Å²) in [5, 5.41) is 9.95. The van der Waals surface area contributed by atoms with Crippen LogP contribution in [0.2, 0.25) is 0 Å². The molecular weight excluding hydrogens is 452 g/mol. The number of carbonyl (C=O) groups is 1. The number of halogens is 6. The number of aryl methyl sites for hydroxylation is 1. The highest BCUT2D eigenvalue weighted by Gasteiger charge is 2.37. The van der Waals surface area contributed by atoms with Crippen molar-refractivity contribution in [1.29, 1.82) is 0 Å². The van der Waals surface area contributed by atoms with E-state index in [1.165, 1.54) is 18.2 Å². The van der Waals surface area contributed by atoms with Gasteiger partial charge in [0, 0.05) is 10.9 Å². The van der Waals surface area contributed by atoms with Crippen LogP contribution in [0.3, 0.4) is 0 Å². The van der Waals surface area contributed by atoms with Gasteiger partial charge in [-0.1, -0.05) is 11.6 Å².